The second-order valence-electron chi connectivity index (χ2n) is 10.1. The number of hydrogen-bond donors (Lipinski definition) is 0. The molecule has 0 N–H and O–H groups in total. The average Bonchev–Trinajstić information content (AvgIpc) is 2.72. The van der Waals surface area contributed by atoms with E-state index < -0.39 is 0 Å². The minimum atomic E-state index is 0.970. The van der Waals surface area contributed by atoms with Gasteiger partial charge in [0.1, 0.15) is 0 Å². The molecular formula is C29H60. The van der Waals surface area contributed by atoms with Gasteiger partial charge < -0.3 is 0 Å². The fourth-order valence-electron chi connectivity index (χ4n) is 4.64. The zero-order valence-electron chi connectivity index (χ0n) is 21.3. The van der Waals surface area contributed by atoms with Crippen LogP contribution < -0.4 is 0 Å². The molecule has 0 saturated carbocycles. The van der Waals surface area contributed by atoms with Crippen molar-refractivity contribution < 1.29 is 0 Å². The normalized spacial score (nSPS) is 12.5. The maximum absolute atomic E-state index is 2.48. The predicted octanol–water partition coefficient (Wildman–Crippen LogP) is 11.4. The molecule has 0 rings (SSSR count). The fraction of sp³-hybridized carbons (Fsp3) is 1.00. The first-order chi connectivity index (χ1) is 14.3. The van der Waals surface area contributed by atoms with Crippen LogP contribution in [0.25, 0.3) is 0 Å². The standard InChI is InChI=1S/C29H60/c1-4-6-8-10-11-12-13-14-15-16-17-18-19-20-21-22-24-26-28-29(3)27-25-23-9-7-5-2/h29H,4-28H2,1-3H3. The molecule has 0 amide bonds. The molecule has 176 valence electrons. The number of rotatable bonds is 25. The maximum atomic E-state index is 2.48. The van der Waals surface area contributed by atoms with Gasteiger partial charge in [0.05, 0.1) is 0 Å². The largest absolute Gasteiger partial charge is 0.0654 e. The molecule has 0 aliphatic rings. The Kier molecular flexibility index (Phi) is 26.0. The Morgan fingerprint density at radius 3 is 0.759 bits per heavy atom. The SMILES string of the molecule is CCCCCCCCCCCCCCCCCCCCC(C)CCCCCCC. The van der Waals surface area contributed by atoms with Crippen LogP contribution in [0.2, 0.25) is 0 Å². The zero-order valence-corrected chi connectivity index (χ0v) is 21.3. The van der Waals surface area contributed by atoms with Crippen molar-refractivity contribution in [2.75, 3.05) is 0 Å². The van der Waals surface area contributed by atoms with Crippen molar-refractivity contribution in [3.63, 3.8) is 0 Å². The Labute approximate surface area is 187 Å². The molecule has 0 saturated heterocycles. The quantitative estimate of drug-likeness (QED) is 0.132. The van der Waals surface area contributed by atoms with Crippen LogP contribution in [0.15, 0.2) is 0 Å². The molecule has 0 aromatic heterocycles. The van der Waals surface area contributed by atoms with Crippen LogP contribution in [0, 0.1) is 5.92 Å². The van der Waals surface area contributed by atoms with Crippen molar-refractivity contribution in [2.24, 2.45) is 5.92 Å². The Bertz CT molecular complexity index is 269. The van der Waals surface area contributed by atoms with E-state index in [1.807, 2.05) is 0 Å². The Hall–Kier alpha value is 0. The third-order valence-electron chi connectivity index (χ3n) is 6.85. The van der Waals surface area contributed by atoms with Crippen molar-refractivity contribution in [1.29, 1.82) is 0 Å². The zero-order chi connectivity index (χ0) is 21.3. The third kappa shape index (κ3) is 26.0. The number of unbranched alkanes of at least 4 members (excludes halogenated alkanes) is 21. The topological polar surface area (TPSA) is 0 Å². The van der Waals surface area contributed by atoms with Gasteiger partial charge in [-0.25, -0.2) is 0 Å². The first kappa shape index (κ1) is 29.0. The summed E-state index contributed by atoms with van der Waals surface area (Å²) in [6.07, 6.45) is 36.8. The summed E-state index contributed by atoms with van der Waals surface area (Å²) in [7, 11) is 0. The number of hydrogen-bond acceptors (Lipinski definition) is 0. The van der Waals surface area contributed by atoms with E-state index in [0.29, 0.717) is 0 Å². The van der Waals surface area contributed by atoms with Gasteiger partial charge in [-0.05, 0) is 5.92 Å². The van der Waals surface area contributed by atoms with Crippen molar-refractivity contribution in [3.8, 4) is 0 Å². The molecule has 0 nitrogen and oxygen atoms in total. The van der Waals surface area contributed by atoms with Gasteiger partial charge in [0, 0.05) is 0 Å². The van der Waals surface area contributed by atoms with Crippen molar-refractivity contribution in [3.05, 3.63) is 0 Å². The molecule has 29 heavy (non-hydrogen) atoms. The van der Waals surface area contributed by atoms with Gasteiger partial charge in [0.15, 0.2) is 0 Å². The highest BCUT2D eigenvalue weighted by atomic mass is 14.1. The lowest BCUT2D eigenvalue weighted by atomic mass is 9.96. The molecule has 1 atom stereocenters. The summed E-state index contributed by atoms with van der Waals surface area (Å²) in [6.45, 7) is 7.09. The van der Waals surface area contributed by atoms with E-state index >= 15 is 0 Å². The summed E-state index contributed by atoms with van der Waals surface area (Å²) in [5.41, 5.74) is 0. The van der Waals surface area contributed by atoms with E-state index in [1.54, 1.807) is 0 Å². The molecule has 0 aromatic carbocycles. The molecular weight excluding hydrogens is 348 g/mol. The van der Waals surface area contributed by atoms with E-state index in [0.717, 1.165) is 5.92 Å². The Morgan fingerprint density at radius 2 is 0.517 bits per heavy atom. The first-order valence-corrected chi connectivity index (χ1v) is 14.3. The van der Waals surface area contributed by atoms with Crippen LogP contribution in [0.3, 0.4) is 0 Å². The fourth-order valence-corrected chi connectivity index (χ4v) is 4.64. The maximum Gasteiger partial charge on any atom is -0.0443 e. The van der Waals surface area contributed by atoms with Crippen LogP contribution in [0.5, 0.6) is 0 Å². The summed E-state index contributed by atoms with van der Waals surface area (Å²) >= 11 is 0. The van der Waals surface area contributed by atoms with Gasteiger partial charge >= 0.3 is 0 Å². The summed E-state index contributed by atoms with van der Waals surface area (Å²) < 4.78 is 0. The van der Waals surface area contributed by atoms with Crippen LogP contribution in [-0.2, 0) is 0 Å². The van der Waals surface area contributed by atoms with E-state index in [4.69, 9.17) is 0 Å². The summed E-state index contributed by atoms with van der Waals surface area (Å²) in [5, 5.41) is 0. The molecule has 0 heteroatoms. The Morgan fingerprint density at radius 1 is 0.310 bits per heavy atom. The van der Waals surface area contributed by atoms with Gasteiger partial charge in [-0.15, -0.1) is 0 Å². The highest BCUT2D eigenvalue weighted by molar-refractivity contribution is 4.56. The minimum absolute atomic E-state index is 0.970. The van der Waals surface area contributed by atoms with Gasteiger partial charge in [-0.1, -0.05) is 181 Å². The molecule has 0 fully saturated rings. The molecule has 1 unspecified atom stereocenters. The van der Waals surface area contributed by atoms with Crippen LogP contribution in [-0.4, -0.2) is 0 Å². The van der Waals surface area contributed by atoms with Crippen molar-refractivity contribution in [2.45, 2.75) is 181 Å². The van der Waals surface area contributed by atoms with Gasteiger partial charge in [0.2, 0.25) is 0 Å². The lowest BCUT2D eigenvalue weighted by Gasteiger charge is -2.11. The van der Waals surface area contributed by atoms with Gasteiger partial charge in [-0.3, -0.25) is 0 Å². The van der Waals surface area contributed by atoms with E-state index in [1.165, 1.54) is 161 Å². The molecule has 0 aromatic rings. The van der Waals surface area contributed by atoms with Crippen LogP contribution in [0.1, 0.15) is 181 Å². The highest BCUT2D eigenvalue weighted by Gasteiger charge is 2.02. The molecule has 0 aliphatic heterocycles. The van der Waals surface area contributed by atoms with Crippen molar-refractivity contribution >= 4 is 0 Å². The lowest BCUT2D eigenvalue weighted by molar-refractivity contribution is 0.431. The smallest absolute Gasteiger partial charge is 0.0443 e. The van der Waals surface area contributed by atoms with Crippen LogP contribution in [0.4, 0.5) is 0 Å². The van der Waals surface area contributed by atoms with E-state index in [-0.39, 0.29) is 0 Å². The summed E-state index contributed by atoms with van der Waals surface area (Å²) in [5.74, 6) is 0.970. The molecule has 0 spiro atoms. The van der Waals surface area contributed by atoms with E-state index in [9.17, 15) is 0 Å². The summed E-state index contributed by atoms with van der Waals surface area (Å²) in [6, 6.07) is 0. The Balaban J connectivity index is 3.08. The molecule has 0 radical (unpaired) electrons. The average molecular weight is 409 g/mol. The highest BCUT2D eigenvalue weighted by Crippen LogP contribution is 2.19. The van der Waals surface area contributed by atoms with E-state index in [2.05, 4.69) is 20.8 Å². The van der Waals surface area contributed by atoms with Gasteiger partial charge in [0.25, 0.3) is 0 Å². The molecule has 0 bridgehead atoms. The molecule has 0 aliphatic carbocycles. The summed E-state index contributed by atoms with van der Waals surface area (Å²) in [4.78, 5) is 0. The van der Waals surface area contributed by atoms with Gasteiger partial charge in [-0.2, -0.15) is 0 Å². The monoisotopic (exact) mass is 408 g/mol. The third-order valence-corrected chi connectivity index (χ3v) is 6.85. The van der Waals surface area contributed by atoms with Crippen molar-refractivity contribution in [1.82, 2.24) is 0 Å². The minimum Gasteiger partial charge on any atom is -0.0654 e. The first-order valence-electron chi connectivity index (χ1n) is 14.3. The second-order valence-corrected chi connectivity index (χ2v) is 10.1. The predicted molar refractivity (Wildman–Crippen MR) is 136 cm³/mol. The van der Waals surface area contributed by atoms with Crippen LogP contribution >= 0.6 is 0 Å². The second kappa shape index (κ2) is 26.0. The molecule has 0 heterocycles. The lowest BCUT2D eigenvalue weighted by Crippen LogP contribution is -1.95.